The number of thioether (sulfide) groups is 1. The summed E-state index contributed by atoms with van der Waals surface area (Å²) in [6.07, 6.45) is 2.78. The van der Waals surface area contributed by atoms with Gasteiger partial charge in [0.15, 0.2) is 0 Å². The number of hydrogen-bond donors (Lipinski definition) is 2. The van der Waals surface area contributed by atoms with Crippen molar-refractivity contribution < 1.29 is 9.21 Å². The third-order valence-electron chi connectivity index (χ3n) is 1.84. The van der Waals surface area contributed by atoms with Crippen molar-refractivity contribution in [3.8, 4) is 0 Å². The van der Waals surface area contributed by atoms with Gasteiger partial charge in [0.05, 0.1) is 5.69 Å². The summed E-state index contributed by atoms with van der Waals surface area (Å²) < 4.78 is 5.19. The number of nitrogens with one attached hydrogen (secondary N) is 1. The highest BCUT2D eigenvalue weighted by Crippen LogP contribution is 2.24. The minimum Gasteiger partial charge on any atom is -0.440 e. The van der Waals surface area contributed by atoms with Gasteiger partial charge in [0.25, 0.3) is 5.22 Å². The molecule has 1 heterocycles. The molecule has 15 heavy (non-hydrogen) atoms. The number of nitrogens with zero attached hydrogens (tertiary/aromatic N) is 1. The molecule has 0 saturated heterocycles. The van der Waals surface area contributed by atoms with E-state index in [0.29, 0.717) is 11.6 Å². The highest BCUT2D eigenvalue weighted by Gasteiger charge is 2.10. The molecule has 0 aromatic carbocycles. The van der Waals surface area contributed by atoms with Crippen LogP contribution in [-0.4, -0.2) is 16.1 Å². The van der Waals surface area contributed by atoms with Crippen LogP contribution in [0.25, 0.3) is 0 Å². The van der Waals surface area contributed by atoms with E-state index < -0.39 is 0 Å². The Labute approximate surface area is 92.8 Å². The first kappa shape index (κ1) is 12.1. The lowest BCUT2D eigenvalue weighted by Crippen LogP contribution is -2.30. The zero-order chi connectivity index (χ0) is 11.3. The Hall–Kier alpha value is -1.01. The normalized spacial score (nSPS) is 12.5. The minimum absolute atomic E-state index is 0.147. The molecule has 0 aliphatic heterocycles. The number of oxazole rings is 1. The van der Waals surface area contributed by atoms with Crippen LogP contribution in [0, 0.1) is 6.92 Å². The molecular formula is C9H15N3O2S. The molecule has 1 atom stereocenters. The van der Waals surface area contributed by atoms with Crippen LogP contribution in [-0.2, 0) is 4.79 Å². The van der Waals surface area contributed by atoms with E-state index in [1.165, 1.54) is 11.8 Å². The third kappa shape index (κ3) is 4.35. The van der Waals surface area contributed by atoms with Gasteiger partial charge in [-0.05, 0) is 13.3 Å². The third-order valence-corrected chi connectivity index (χ3v) is 2.87. The summed E-state index contributed by atoms with van der Waals surface area (Å²) in [7, 11) is 0. The molecule has 0 aliphatic carbocycles. The van der Waals surface area contributed by atoms with Gasteiger partial charge < -0.3 is 4.42 Å². The van der Waals surface area contributed by atoms with Crippen LogP contribution >= 0.6 is 11.8 Å². The summed E-state index contributed by atoms with van der Waals surface area (Å²) in [6, 6.07) is 0. The molecule has 0 spiro atoms. The van der Waals surface area contributed by atoms with Gasteiger partial charge in [-0.2, -0.15) is 0 Å². The van der Waals surface area contributed by atoms with Crippen molar-refractivity contribution >= 4 is 17.7 Å². The Balaban J connectivity index is 2.30. The van der Waals surface area contributed by atoms with Crippen LogP contribution in [0.5, 0.6) is 0 Å². The number of aryl methyl sites for hydroxylation is 1. The fraction of sp³-hybridized carbons (Fsp3) is 0.556. The largest absolute Gasteiger partial charge is 0.440 e. The molecule has 84 valence electrons. The van der Waals surface area contributed by atoms with E-state index in [1.54, 1.807) is 6.26 Å². The predicted molar refractivity (Wildman–Crippen MR) is 58.1 cm³/mol. The van der Waals surface area contributed by atoms with Crippen LogP contribution in [0.1, 0.15) is 25.5 Å². The first-order valence-electron chi connectivity index (χ1n) is 4.70. The van der Waals surface area contributed by atoms with E-state index in [2.05, 4.69) is 10.4 Å². The first-order chi connectivity index (χ1) is 7.11. The summed E-state index contributed by atoms with van der Waals surface area (Å²) in [6.45, 7) is 3.90. The number of carbonyl (C=O) groups excluding carboxylic acids is 1. The lowest BCUT2D eigenvalue weighted by molar-refractivity contribution is -0.121. The van der Waals surface area contributed by atoms with Gasteiger partial charge in [0, 0.05) is 11.7 Å². The molecular weight excluding hydrogens is 214 g/mol. The standard InChI is InChI=1S/C9H15N3O2S/c1-6-5-14-9(11-6)15-7(2)3-4-8(13)12-10/h5,7H,3-4,10H2,1-2H3,(H,12,13). The summed E-state index contributed by atoms with van der Waals surface area (Å²) >= 11 is 1.52. The van der Waals surface area contributed by atoms with Crippen LogP contribution in [0.4, 0.5) is 0 Å². The van der Waals surface area contributed by atoms with Crippen molar-refractivity contribution in [1.29, 1.82) is 0 Å². The molecule has 1 unspecified atom stereocenters. The monoisotopic (exact) mass is 229 g/mol. The van der Waals surface area contributed by atoms with Crippen molar-refractivity contribution in [3.63, 3.8) is 0 Å². The number of carbonyl (C=O) groups is 1. The topological polar surface area (TPSA) is 81.2 Å². The van der Waals surface area contributed by atoms with Crippen LogP contribution in [0.15, 0.2) is 15.9 Å². The van der Waals surface area contributed by atoms with E-state index in [-0.39, 0.29) is 11.2 Å². The summed E-state index contributed by atoms with van der Waals surface area (Å²) in [5.74, 6) is 4.83. The maximum atomic E-state index is 10.9. The van der Waals surface area contributed by atoms with E-state index in [0.717, 1.165) is 12.1 Å². The average Bonchev–Trinajstić information content (AvgIpc) is 2.60. The van der Waals surface area contributed by atoms with Crippen LogP contribution < -0.4 is 11.3 Å². The fourth-order valence-electron chi connectivity index (χ4n) is 1.02. The molecule has 1 aromatic heterocycles. The van der Waals surface area contributed by atoms with Gasteiger partial charge in [-0.1, -0.05) is 18.7 Å². The van der Waals surface area contributed by atoms with E-state index in [4.69, 9.17) is 10.3 Å². The fourth-order valence-corrected chi connectivity index (χ4v) is 1.90. The Morgan fingerprint density at radius 3 is 3.07 bits per heavy atom. The van der Waals surface area contributed by atoms with Crippen molar-refractivity contribution in [1.82, 2.24) is 10.4 Å². The number of amides is 1. The Bertz CT molecular complexity index is 327. The number of rotatable bonds is 5. The molecule has 5 nitrogen and oxygen atoms in total. The summed E-state index contributed by atoms with van der Waals surface area (Å²) in [4.78, 5) is 15.1. The van der Waals surface area contributed by atoms with Crippen LogP contribution in [0.2, 0.25) is 0 Å². The molecule has 1 aromatic rings. The average molecular weight is 229 g/mol. The van der Waals surface area contributed by atoms with Crippen LogP contribution in [0.3, 0.4) is 0 Å². The molecule has 0 aliphatic rings. The zero-order valence-corrected chi connectivity index (χ0v) is 9.63. The van der Waals surface area contributed by atoms with Gasteiger partial charge in [0.2, 0.25) is 5.91 Å². The maximum absolute atomic E-state index is 10.9. The van der Waals surface area contributed by atoms with Crippen molar-refractivity contribution in [2.24, 2.45) is 5.84 Å². The van der Waals surface area contributed by atoms with Gasteiger partial charge in [-0.15, -0.1) is 0 Å². The second-order valence-corrected chi connectivity index (χ2v) is 4.68. The Kier molecular flexibility index (Phi) is 4.64. The molecule has 6 heteroatoms. The Morgan fingerprint density at radius 2 is 2.53 bits per heavy atom. The quantitative estimate of drug-likeness (QED) is 0.343. The van der Waals surface area contributed by atoms with Crippen molar-refractivity contribution in [3.05, 3.63) is 12.0 Å². The number of hydrogen-bond acceptors (Lipinski definition) is 5. The highest BCUT2D eigenvalue weighted by atomic mass is 32.2. The first-order valence-corrected chi connectivity index (χ1v) is 5.58. The van der Waals surface area contributed by atoms with Crippen molar-refractivity contribution in [2.45, 2.75) is 37.2 Å². The van der Waals surface area contributed by atoms with Gasteiger partial charge in [-0.25, -0.2) is 10.8 Å². The summed E-state index contributed by atoms with van der Waals surface area (Å²) in [5, 5.41) is 0.925. The SMILES string of the molecule is Cc1coc(SC(C)CCC(=O)NN)n1. The minimum atomic E-state index is -0.147. The number of aromatic nitrogens is 1. The lowest BCUT2D eigenvalue weighted by Gasteiger charge is -2.06. The molecule has 3 N–H and O–H groups in total. The number of hydrazine groups is 1. The predicted octanol–water partition coefficient (Wildman–Crippen LogP) is 1.23. The van der Waals surface area contributed by atoms with Crippen molar-refractivity contribution in [2.75, 3.05) is 0 Å². The molecule has 0 saturated carbocycles. The van der Waals surface area contributed by atoms with E-state index in [9.17, 15) is 4.79 Å². The lowest BCUT2D eigenvalue weighted by atomic mass is 10.2. The molecule has 1 amide bonds. The molecule has 0 fully saturated rings. The molecule has 0 radical (unpaired) electrons. The zero-order valence-electron chi connectivity index (χ0n) is 8.82. The maximum Gasteiger partial charge on any atom is 0.256 e. The van der Waals surface area contributed by atoms with Gasteiger partial charge in [0.1, 0.15) is 6.26 Å². The van der Waals surface area contributed by atoms with E-state index >= 15 is 0 Å². The van der Waals surface area contributed by atoms with E-state index in [1.807, 2.05) is 13.8 Å². The second-order valence-electron chi connectivity index (χ2n) is 3.29. The van der Waals surface area contributed by atoms with Gasteiger partial charge in [-0.3, -0.25) is 10.2 Å². The second kappa shape index (κ2) is 5.77. The highest BCUT2D eigenvalue weighted by molar-refractivity contribution is 7.99. The molecule has 0 bridgehead atoms. The summed E-state index contributed by atoms with van der Waals surface area (Å²) in [5.41, 5.74) is 2.97. The van der Waals surface area contributed by atoms with Gasteiger partial charge >= 0.3 is 0 Å². The Morgan fingerprint density at radius 1 is 1.80 bits per heavy atom. The smallest absolute Gasteiger partial charge is 0.256 e. The molecule has 1 rings (SSSR count). The number of nitrogens with two attached hydrogens (primary N) is 1.